The Morgan fingerprint density at radius 1 is 1.86 bits per heavy atom. The minimum atomic E-state index is -0.438. The van der Waals surface area contributed by atoms with Crippen LogP contribution in [-0.2, 0) is 0 Å². The highest BCUT2D eigenvalue weighted by Crippen LogP contribution is 2.00. The van der Waals surface area contributed by atoms with Gasteiger partial charge in [-0.25, -0.2) is 4.79 Å². The van der Waals surface area contributed by atoms with Crippen molar-refractivity contribution < 1.29 is 4.42 Å². The topological polar surface area (TPSA) is 46.0 Å². The zero-order chi connectivity index (χ0) is 5.28. The summed E-state index contributed by atoms with van der Waals surface area (Å²) in [5.41, 5.74) is 0. The van der Waals surface area contributed by atoms with Gasteiger partial charge in [0, 0.05) is 0 Å². The van der Waals surface area contributed by atoms with Gasteiger partial charge in [0.25, 0.3) is 0 Å². The first-order valence-corrected chi connectivity index (χ1v) is 2.42. The van der Waals surface area contributed by atoms with Crippen molar-refractivity contribution in [1.29, 1.82) is 0 Å². The van der Waals surface area contributed by atoms with E-state index in [9.17, 15) is 4.79 Å². The summed E-state index contributed by atoms with van der Waals surface area (Å²) in [4.78, 5) is 12.3. The Morgan fingerprint density at radius 2 is 2.57 bits per heavy atom. The molecule has 0 atom stereocenters. The number of oxazole rings is 1. The maximum absolute atomic E-state index is 10.0. The van der Waals surface area contributed by atoms with Crippen LogP contribution in [-0.4, -0.2) is 4.98 Å². The Hall–Kier alpha value is -0.510. The van der Waals surface area contributed by atoms with Crippen LogP contribution >= 0.6 is 15.9 Å². The van der Waals surface area contributed by atoms with Gasteiger partial charge in [-0.1, -0.05) is 0 Å². The van der Waals surface area contributed by atoms with Gasteiger partial charge in [0.05, 0.1) is 6.20 Å². The summed E-state index contributed by atoms with van der Waals surface area (Å²) in [6, 6.07) is 0. The van der Waals surface area contributed by atoms with Crippen molar-refractivity contribution in [2.75, 3.05) is 0 Å². The fourth-order valence-electron chi connectivity index (χ4n) is 0.263. The lowest BCUT2D eigenvalue weighted by molar-refractivity contribution is 0.493. The molecule has 3 nitrogen and oxygen atoms in total. The zero-order valence-electron chi connectivity index (χ0n) is 3.27. The third-order valence-electron chi connectivity index (χ3n) is 0.494. The Kier molecular flexibility index (Phi) is 1.02. The molecule has 0 aliphatic heterocycles. The molecule has 0 bridgehead atoms. The molecule has 38 valence electrons. The highest BCUT2D eigenvalue weighted by Gasteiger charge is 1.87. The highest BCUT2D eigenvalue weighted by molar-refractivity contribution is 9.10. The van der Waals surface area contributed by atoms with Crippen molar-refractivity contribution >= 4 is 15.9 Å². The van der Waals surface area contributed by atoms with Gasteiger partial charge in [-0.05, 0) is 15.9 Å². The van der Waals surface area contributed by atoms with Crippen LogP contribution in [0, 0.1) is 0 Å². The molecule has 0 spiro atoms. The van der Waals surface area contributed by atoms with Crippen LogP contribution in [0.5, 0.6) is 0 Å². The lowest BCUT2D eigenvalue weighted by Crippen LogP contribution is -1.92. The molecular formula is C3H2BrNO2. The number of halogens is 1. The molecule has 0 unspecified atom stereocenters. The lowest BCUT2D eigenvalue weighted by Gasteiger charge is -1.62. The Balaban J connectivity index is 3.30. The normalized spacial score (nSPS) is 9.29. The summed E-state index contributed by atoms with van der Waals surface area (Å²) >= 11 is 2.93. The maximum atomic E-state index is 10.0. The van der Waals surface area contributed by atoms with E-state index in [1.165, 1.54) is 6.20 Å². The van der Waals surface area contributed by atoms with Crippen molar-refractivity contribution in [1.82, 2.24) is 4.98 Å². The van der Waals surface area contributed by atoms with Gasteiger partial charge in [-0.3, -0.25) is 4.98 Å². The monoisotopic (exact) mass is 163 g/mol. The molecule has 0 radical (unpaired) electrons. The highest BCUT2D eigenvalue weighted by atomic mass is 79.9. The van der Waals surface area contributed by atoms with E-state index in [1.54, 1.807) is 0 Å². The molecule has 1 N–H and O–H groups in total. The molecule has 0 saturated heterocycles. The van der Waals surface area contributed by atoms with Gasteiger partial charge in [-0.15, -0.1) is 0 Å². The largest absolute Gasteiger partial charge is 0.417 e. The summed E-state index contributed by atoms with van der Waals surface area (Å²) in [5.74, 6) is -0.438. The average molecular weight is 164 g/mol. The number of rotatable bonds is 0. The van der Waals surface area contributed by atoms with Crippen molar-refractivity contribution in [3.8, 4) is 0 Å². The van der Waals surface area contributed by atoms with Crippen molar-refractivity contribution in [2.45, 2.75) is 0 Å². The van der Waals surface area contributed by atoms with Crippen LogP contribution in [0.3, 0.4) is 0 Å². The minimum absolute atomic E-state index is 0.428. The first kappa shape index (κ1) is 4.64. The Bertz CT molecular complexity index is 201. The van der Waals surface area contributed by atoms with E-state index in [4.69, 9.17) is 0 Å². The summed E-state index contributed by atoms with van der Waals surface area (Å²) in [6.45, 7) is 0. The third kappa shape index (κ3) is 0.928. The smallest absolute Gasteiger partial charge is 0.401 e. The molecule has 0 fully saturated rings. The second-order valence-corrected chi connectivity index (χ2v) is 1.76. The van der Waals surface area contributed by atoms with E-state index in [-0.39, 0.29) is 0 Å². The van der Waals surface area contributed by atoms with Gasteiger partial charge >= 0.3 is 5.76 Å². The fraction of sp³-hybridized carbons (Fsp3) is 0. The average Bonchev–Trinajstić information content (AvgIpc) is 1.87. The molecule has 1 rings (SSSR count). The second-order valence-electron chi connectivity index (χ2n) is 0.982. The molecule has 0 saturated carbocycles. The van der Waals surface area contributed by atoms with Gasteiger partial charge in [0.1, 0.15) is 0 Å². The van der Waals surface area contributed by atoms with E-state index in [0.29, 0.717) is 4.67 Å². The van der Waals surface area contributed by atoms with Crippen LogP contribution in [0.15, 0.2) is 20.1 Å². The SMILES string of the molecule is O=c1[nH]cc(Br)o1. The van der Waals surface area contributed by atoms with Crippen molar-refractivity contribution in [2.24, 2.45) is 0 Å². The van der Waals surface area contributed by atoms with Gasteiger partial charge in [-0.2, -0.15) is 0 Å². The molecule has 0 amide bonds. The number of nitrogens with one attached hydrogen (secondary N) is 1. The Labute approximate surface area is 47.5 Å². The molecule has 0 aromatic carbocycles. The maximum Gasteiger partial charge on any atom is 0.417 e. The first-order valence-electron chi connectivity index (χ1n) is 1.63. The molecule has 1 heterocycles. The predicted octanol–water partition coefficient (Wildman–Crippen LogP) is 0.730. The summed E-state index contributed by atoms with van der Waals surface area (Å²) in [5, 5.41) is 0. The molecule has 7 heavy (non-hydrogen) atoms. The van der Waals surface area contributed by atoms with Crippen LogP contribution < -0.4 is 5.76 Å². The van der Waals surface area contributed by atoms with E-state index in [1.807, 2.05) is 0 Å². The first-order chi connectivity index (χ1) is 3.29. The standard InChI is InChI=1S/C3H2BrNO2/c4-2-1-5-3(6)7-2/h1H,(H,5,6). The number of hydrogen-bond donors (Lipinski definition) is 1. The third-order valence-corrected chi connectivity index (χ3v) is 0.884. The van der Waals surface area contributed by atoms with Crippen LogP contribution in [0.1, 0.15) is 0 Å². The van der Waals surface area contributed by atoms with E-state index in [2.05, 4.69) is 25.3 Å². The summed E-state index contributed by atoms with van der Waals surface area (Å²) in [6.07, 6.45) is 1.43. The van der Waals surface area contributed by atoms with E-state index >= 15 is 0 Å². The van der Waals surface area contributed by atoms with Gasteiger partial charge in [0.15, 0.2) is 4.67 Å². The number of hydrogen-bond acceptors (Lipinski definition) is 2. The number of H-pyrrole nitrogens is 1. The van der Waals surface area contributed by atoms with Crippen molar-refractivity contribution in [3.05, 3.63) is 21.4 Å². The van der Waals surface area contributed by atoms with E-state index in [0.717, 1.165) is 0 Å². The minimum Gasteiger partial charge on any atom is -0.401 e. The van der Waals surface area contributed by atoms with Gasteiger partial charge < -0.3 is 4.42 Å². The fourth-order valence-corrected chi connectivity index (χ4v) is 0.525. The van der Waals surface area contributed by atoms with Crippen molar-refractivity contribution in [3.63, 3.8) is 0 Å². The molecular weight excluding hydrogens is 162 g/mol. The molecule has 0 aliphatic rings. The van der Waals surface area contributed by atoms with E-state index < -0.39 is 5.76 Å². The molecule has 4 heteroatoms. The summed E-state index contributed by atoms with van der Waals surface area (Å²) in [7, 11) is 0. The Morgan fingerprint density at radius 3 is 2.71 bits per heavy atom. The number of aromatic amines is 1. The van der Waals surface area contributed by atoms with Crippen LogP contribution in [0.25, 0.3) is 0 Å². The van der Waals surface area contributed by atoms with Gasteiger partial charge in [0.2, 0.25) is 0 Å². The number of aromatic nitrogens is 1. The molecule has 1 aromatic heterocycles. The lowest BCUT2D eigenvalue weighted by atomic mass is 11.0. The predicted molar refractivity (Wildman–Crippen MR) is 27.0 cm³/mol. The van der Waals surface area contributed by atoms with Crippen LogP contribution in [0.2, 0.25) is 0 Å². The molecule has 0 aliphatic carbocycles. The molecule has 1 aromatic rings. The summed E-state index contributed by atoms with van der Waals surface area (Å²) < 4.78 is 4.82. The van der Waals surface area contributed by atoms with Crippen LogP contribution in [0.4, 0.5) is 0 Å². The quantitative estimate of drug-likeness (QED) is 0.614. The second kappa shape index (κ2) is 1.54. The zero-order valence-corrected chi connectivity index (χ0v) is 4.86.